The van der Waals surface area contributed by atoms with Gasteiger partial charge in [-0.2, -0.15) is 0 Å². The van der Waals surface area contributed by atoms with E-state index in [0.717, 1.165) is 12.1 Å². The Morgan fingerprint density at radius 2 is 1.62 bits per heavy atom. The molecule has 0 bridgehead atoms. The molecule has 1 heteroatoms. The third-order valence-corrected chi connectivity index (χ3v) is 2.82. The molecule has 0 fully saturated rings. The summed E-state index contributed by atoms with van der Waals surface area (Å²) >= 11 is 0. The highest BCUT2D eigenvalue weighted by Gasteiger charge is 1.99. The first-order chi connectivity index (χ1) is 7.83. The highest BCUT2D eigenvalue weighted by molar-refractivity contribution is 5.68. The van der Waals surface area contributed by atoms with Crippen LogP contribution in [0.3, 0.4) is 0 Å². The van der Waals surface area contributed by atoms with Crippen LogP contribution in [0.5, 0.6) is 0 Å². The predicted molar refractivity (Wildman–Crippen MR) is 70.8 cm³/mol. The van der Waals surface area contributed by atoms with E-state index in [4.69, 9.17) is 0 Å². The van der Waals surface area contributed by atoms with Crippen molar-refractivity contribution in [1.29, 1.82) is 0 Å². The fourth-order valence-corrected chi connectivity index (χ4v) is 1.83. The first-order valence-corrected chi connectivity index (χ1v) is 5.70. The monoisotopic (exact) mass is 211 g/mol. The molecule has 2 rings (SSSR count). The van der Waals surface area contributed by atoms with E-state index in [1.165, 1.54) is 16.7 Å². The number of hydrogen-bond acceptors (Lipinski definition) is 1. The summed E-state index contributed by atoms with van der Waals surface area (Å²) in [6.45, 7) is 2.18. The van der Waals surface area contributed by atoms with Gasteiger partial charge in [-0.3, -0.25) is 0 Å². The quantitative estimate of drug-likeness (QED) is 0.810. The van der Waals surface area contributed by atoms with Crippen LogP contribution in [-0.4, -0.2) is 7.05 Å². The Morgan fingerprint density at radius 1 is 0.938 bits per heavy atom. The minimum absolute atomic E-state index is 1.08. The minimum Gasteiger partial charge on any atom is -0.388 e. The van der Waals surface area contributed by atoms with Crippen molar-refractivity contribution >= 4 is 5.69 Å². The second-order valence-electron chi connectivity index (χ2n) is 3.88. The average molecular weight is 211 g/mol. The number of aryl methyl sites for hydroxylation is 1. The summed E-state index contributed by atoms with van der Waals surface area (Å²) in [7, 11) is 1.95. The van der Waals surface area contributed by atoms with Gasteiger partial charge >= 0.3 is 0 Å². The Kier molecular flexibility index (Phi) is 3.25. The molecule has 0 saturated carbocycles. The number of rotatable bonds is 3. The van der Waals surface area contributed by atoms with Gasteiger partial charge in [-0.05, 0) is 35.2 Å². The van der Waals surface area contributed by atoms with E-state index in [2.05, 4.69) is 60.8 Å². The molecule has 0 heterocycles. The first kappa shape index (κ1) is 10.7. The highest BCUT2D eigenvalue weighted by Crippen LogP contribution is 2.23. The van der Waals surface area contributed by atoms with E-state index in [1.54, 1.807) is 0 Å². The summed E-state index contributed by atoms with van der Waals surface area (Å²) in [6.07, 6.45) is 1.08. The summed E-state index contributed by atoms with van der Waals surface area (Å²) in [5.74, 6) is 0. The topological polar surface area (TPSA) is 12.0 Å². The van der Waals surface area contributed by atoms with Crippen LogP contribution in [-0.2, 0) is 6.42 Å². The van der Waals surface area contributed by atoms with Gasteiger partial charge in [0.25, 0.3) is 0 Å². The van der Waals surface area contributed by atoms with Gasteiger partial charge in [0.1, 0.15) is 0 Å². The second kappa shape index (κ2) is 4.84. The molecular formula is C15H17N. The molecule has 16 heavy (non-hydrogen) atoms. The van der Waals surface area contributed by atoms with Gasteiger partial charge in [0.2, 0.25) is 0 Å². The Bertz CT molecular complexity index is 429. The number of hydrogen-bond donors (Lipinski definition) is 1. The second-order valence-corrected chi connectivity index (χ2v) is 3.88. The van der Waals surface area contributed by atoms with Crippen LogP contribution in [0.15, 0.2) is 48.5 Å². The maximum absolute atomic E-state index is 3.17. The summed E-state index contributed by atoms with van der Waals surface area (Å²) in [6, 6.07) is 17.2. The first-order valence-electron chi connectivity index (χ1n) is 5.70. The maximum atomic E-state index is 3.17. The summed E-state index contributed by atoms with van der Waals surface area (Å²) in [5, 5.41) is 3.17. The molecule has 0 amide bonds. The van der Waals surface area contributed by atoms with Gasteiger partial charge in [0.15, 0.2) is 0 Å². The summed E-state index contributed by atoms with van der Waals surface area (Å²) < 4.78 is 0. The van der Waals surface area contributed by atoms with Crippen LogP contribution in [0.1, 0.15) is 12.5 Å². The zero-order chi connectivity index (χ0) is 11.4. The van der Waals surface area contributed by atoms with Crippen LogP contribution >= 0.6 is 0 Å². The van der Waals surface area contributed by atoms with Crippen molar-refractivity contribution in [1.82, 2.24) is 0 Å². The molecule has 0 aliphatic heterocycles. The lowest BCUT2D eigenvalue weighted by Crippen LogP contribution is -1.88. The van der Waals surface area contributed by atoms with Crippen LogP contribution in [0.25, 0.3) is 11.1 Å². The van der Waals surface area contributed by atoms with Crippen LogP contribution in [0, 0.1) is 0 Å². The number of anilines is 1. The van der Waals surface area contributed by atoms with Gasteiger partial charge in [-0.15, -0.1) is 0 Å². The Morgan fingerprint density at radius 3 is 2.31 bits per heavy atom. The molecule has 0 saturated heterocycles. The Balaban J connectivity index is 2.41. The largest absolute Gasteiger partial charge is 0.388 e. The SMILES string of the molecule is CCc1cccc(-c2cccc(NC)c2)c1. The molecule has 0 radical (unpaired) electrons. The summed E-state index contributed by atoms with van der Waals surface area (Å²) in [4.78, 5) is 0. The molecule has 1 N–H and O–H groups in total. The lowest BCUT2D eigenvalue weighted by molar-refractivity contribution is 1.14. The molecule has 0 atom stereocenters. The Labute approximate surface area is 97.1 Å². The smallest absolute Gasteiger partial charge is 0.0343 e. The van der Waals surface area contributed by atoms with Gasteiger partial charge < -0.3 is 5.32 Å². The van der Waals surface area contributed by atoms with Crippen molar-refractivity contribution in [3.05, 3.63) is 54.1 Å². The van der Waals surface area contributed by atoms with Crippen molar-refractivity contribution < 1.29 is 0 Å². The lowest BCUT2D eigenvalue weighted by Gasteiger charge is -2.06. The van der Waals surface area contributed by atoms with Crippen LogP contribution < -0.4 is 5.32 Å². The highest BCUT2D eigenvalue weighted by atomic mass is 14.8. The third-order valence-electron chi connectivity index (χ3n) is 2.82. The molecule has 0 spiro atoms. The fourth-order valence-electron chi connectivity index (χ4n) is 1.83. The van der Waals surface area contributed by atoms with Crippen molar-refractivity contribution in [2.45, 2.75) is 13.3 Å². The zero-order valence-corrected chi connectivity index (χ0v) is 9.83. The van der Waals surface area contributed by atoms with Crippen molar-refractivity contribution in [2.75, 3.05) is 12.4 Å². The standard InChI is InChI=1S/C15H17N/c1-3-12-6-4-7-13(10-12)14-8-5-9-15(11-14)16-2/h4-11,16H,3H2,1-2H3. The zero-order valence-electron chi connectivity index (χ0n) is 9.83. The lowest BCUT2D eigenvalue weighted by atomic mass is 10.0. The van der Waals surface area contributed by atoms with Crippen LogP contribution in [0.4, 0.5) is 5.69 Å². The third kappa shape index (κ3) is 2.25. The van der Waals surface area contributed by atoms with Gasteiger partial charge in [0.05, 0.1) is 0 Å². The normalized spacial score (nSPS) is 10.1. The summed E-state index contributed by atoms with van der Waals surface area (Å²) in [5.41, 5.74) is 5.09. The fraction of sp³-hybridized carbons (Fsp3) is 0.200. The molecule has 2 aromatic carbocycles. The van der Waals surface area contributed by atoms with E-state index >= 15 is 0 Å². The molecule has 82 valence electrons. The molecule has 0 aliphatic carbocycles. The van der Waals surface area contributed by atoms with E-state index in [0.29, 0.717) is 0 Å². The van der Waals surface area contributed by atoms with E-state index in [-0.39, 0.29) is 0 Å². The van der Waals surface area contributed by atoms with Crippen LogP contribution in [0.2, 0.25) is 0 Å². The van der Waals surface area contributed by atoms with E-state index < -0.39 is 0 Å². The van der Waals surface area contributed by atoms with Gasteiger partial charge in [-0.25, -0.2) is 0 Å². The maximum Gasteiger partial charge on any atom is 0.0343 e. The average Bonchev–Trinajstić information content (AvgIpc) is 2.39. The molecule has 1 nitrogen and oxygen atoms in total. The Hall–Kier alpha value is -1.76. The molecule has 0 aliphatic rings. The molecule has 0 unspecified atom stereocenters. The van der Waals surface area contributed by atoms with Crippen molar-refractivity contribution in [2.24, 2.45) is 0 Å². The molecular weight excluding hydrogens is 194 g/mol. The number of benzene rings is 2. The van der Waals surface area contributed by atoms with Crippen molar-refractivity contribution in [3.8, 4) is 11.1 Å². The van der Waals surface area contributed by atoms with E-state index in [9.17, 15) is 0 Å². The molecule has 2 aromatic rings. The predicted octanol–water partition coefficient (Wildman–Crippen LogP) is 3.96. The van der Waals surface area contributed by atoms with Gasteiger partial charge in [-0.1, -0.05) is 43.3 Å². The van der Waals surface area contributed by atoms with E-state index in [1.807, 2.05) is 7.05 Å². The molecule has 0 aromatic heterocycles. The number of nitrogens with one attached hydrogen (secondary N) is 1. The van der Waals surface area contributed by atoms with Crippen molar-refractivity contribution in [3.63, 3.8) is 0 Å². The van der Waals surface area contributed by atoms with Gasteiger partial charge in [0, 0.05) is 12.7 Å². The minimum atomic E-state index is 1.08.